The van der Waals surface area contributed by atoms with Gasteiger partial charge in [-0.1, -0.05) is 11.6 Å². The first kappa shape index (κ1) is 31.6. The molecule has 0 radical (unpaired) electrons. The van der Waals surface area contributed by atoms with Crippen LogP contribution in [0.5, 0.6) is 11.6 Å². The number of pyridine rings is 1. The molecule has 1 aromatic heterocycles. The number of rotatable bonds is 9. The first-order valence-electron chi connectivity index (χ1n) is 14.7. The Morgan fingerprint density at radius 3 is 2.35 bits per heavy atom. The highest BCUT2D eigenvalue weighted by molar-refractivity contribution is 7.93. The zero-order valence-electron chi connectivity index (χ0n) is 25.5. The molecule has 0 aliphatic carbocycles. The monoisotopic (exact) mass is 665 g/mol. The average molecular weight is 666 g/mol. The summed E-state index contributed by atoms with van der Waals surface area (Å²) in [7, 11) is -0.996. The lowest BCUT2D eigenvalue weighted by atomic mass is 9.83. The van der Waals surface area contributed by atoms with Crippen LogP contribution in [-0.2, 0) is 20.4 Å². The summed E-state index contributed by atoms with van der Waals surface area (Å²) in [4.78, 5) is 23.7. The van der Waals surface area contributed by atoms with Gasteiger partial charge in [0.25, 0.3) is 15.9 Å². The van der Waals surface area contributed by atoms with Crippen LogP contribution in [0.3, 0.4) is 0 Å². The Morgan fingerprint density at radius 1 is 1.00 bits per heavy atom. The Balaban J connectivity index is 1.53. The van der Waals surface area contributed by atoms with Crippen molar-refractivity contribution < 1.29 is 27.1 Å². The molecule has 10 nitrogen and oxygen atoms in total. The third-order valence-corrected chi connectivity index (χ3v) is 10.3. The maximum atomic E-state index is 15.4. The van der Waals surface area contributed by atoms with Gasteiger partial charge in [-0.2, -0.15) is 4.31 Å². The number of carbonyl (C=O) groups is 1. The summed E-state index contributed by atoms with van der Waals surface area (Å²) in [6.07, 6.45) is 1.50. The predicted octanol–water partition coefficient (Wildman–Crippen LogP) is 5.12. The molecule has 1 N–H and O–H groups in total. The molecule has 13 heteroatoms. The number of ether oxygens (including phenoxy) is 2. The fourth-order valence-corrected chi connectivity index (χ4v) is 7.50. The van der Waals surface area contributed by atoms with Gasteiger partial charge in [0, 0.05) is 49.3 Å². The molecule has 3 heterocycles. The Labute approximate surface area is 272 Å². The summed E-state index contributed by atoms with van der Waals surface area (Å²) < 4.78 is 55.6. The van der Waals surface area contributed by atoms with Gasteiger partial charge in [-0.05, 0) is 86.8 Å². The molecular weight excluding hydrogens is 633 g/mol. The highest BCUT2D eigenvalue weighted by atomic mass is 35.5. The smallest absolute Gasteiger partial charge is 0.276 e. The van der Waals surface area contributed by atoms with Crippen LogP contribution < -0.4 is 24.0 Å². The number of anilines is 3. The van der Waals surface area contributed by atoms with E-state index in [0.29, 0.717) is 15.7 Å². The minimum Gasteiger partial charge on any atom is -0.497 e. The summed E-state index contributed by atoms with van der Waals surface area (Å²) in [6.45, 7) is 5.57. The number of amides is 1. The molecule has 1 unspecified atom stereocenters. The lowest BCUT2D eigenvalue weighted by molar-refractivity contribution is -0.120. The highest BCUT2D eigenvalue weighted by Crippen LogP contribution is 2.51. The van der Waals surface area contributed by atoms with Crippen LogP contribution in [0, 0.1) is 5.82 Å². The summed E-state index contributed by atoms with van der Waals surface area (Å²) in [5, 5.41) is 2.96. The molecule has 1 amide bonds. The molecule has 0 saturated carbocycles. The molecule has 1 fully saturated rings. The molecule has 3 aromatic carbocycles. The van der Waals surface area contributed by atoms with E-state index < -0.39 is 27.3 Å². The van der Waals surface area contributed by atoms with Gasteiger partial charge in [0.1, 0.15) is 11.6 Å². The van der Waals surface area contributed by atoms with Crippen molar-refractivity contribution in [2.75, 3.05) is 61.5 Å². The van der Waals surface area contributed by atoms with Gasteiger partial charge in [-0.25, -0.2) is 17.8 Å². The Hall–Kier alpha value is -4.39. The fraction of sp³-hybridized carbons (Fsp3) is 0.273. The first-order chi connectivity index (χ1) is 22.1. The molecule has 0 bridgehead atoms. The SMILES string of the molecule is CCOc1ncccc1C1(Nc2ccc(N3CCN(C)CC3)cc2)C(=O)N(S(=O)(=O)c2ccc(OC)cc2)c2cc(Cl)c(F)cc21. The largest absolute Gasteiger partial charge is 0.497 e. The van der Waals surface area contributed by atoms with Crippen molar-refractivity contribution in [1.29, 1.82) is 0 Å². The van der Waals surface area contributed by atoms with Crippen molar-refractivity contribution in [2.24, 2.45) is 0 Å². The third kappa shape index (κ3) is 5.40. The number of carbonyl (C=O) groups excluding carboxylic acids is 1. The maximum Gasteiger partial charge on any atom is 0.276 e. The number of benzene rings is 3. The molecule has 0 spiro atoms. The molecular formula is C33H33ClFN5O5S. The number of hydrogen-bond acceptors (Lipinski definition) is 9. The number of piperazine rings is 1. The van der Waals surface area contributed by atoms with Gasteiger partial charge in [0.05, 0.1) is 34.9 Å². The van der Waals surface area contributed by atoms with Crippen molar-refractivity contribution in [2.45, 2.75) is 17.4 Å². The fourth-order valence-electron chi connectivity index (χ4n) is 5.89. The zero-order valence-corrected chi connectivity index (χ0v) is 27.1. The van der Waals surface area contributed by atoms with Gasteiger partial charge in [0.15, 0.2) is 5.54 Å². The van der Waals surface area contributed by atoms with Crippen LogP contribution in [0.2, 0.25) is 5.02 Å². The zero-order chi connectivity index (χ0) is 32.6. The first-order valence-corrected chi connectivity index (χ1v) is 16.5. The Kier molecular flexibility index (Phi) is 8.53. The predicted molar refractivity (Wildman–Crippen MR) is 175 cm³/mol. The van der Waals surface area contributed by atoms with Crippen LogP contribution in [-0.4, -0.2) is 71.2 Å². The number of aromatic nitrogens is 1. The summed E-state index contributed by atoms with van der Waals surface area (Å²) in [6, 6.07) is 18.6. The Morgan fingerprint density at radius 2 is 1.70 bits per heavy atom. The van der Waals surface area contributed by atoms with Gasteiger partial charge in [0.2, 0.25) is 5.88 Å². The van der Waals surface area contributed by atoms with E-state index in [9.17, 15) is 13.2 Å². The summed E-state index contributed by atoms with van der Waals surface area (Å²) >= 11 is 6.23. The van der Waals surface area contributed by atoms with Gasteiger partial charge >= 0.3 is 0 Å². The lowest BCUT2D eigenvalue weighted by Crippen LogP contribution is -2.49. The number of methoxy groups -OCH3 is 1. The average Bonchev–Trinajstić information content (AvgIpc) is 3.29. The van der Waals surface area contributed by atoms with E-state index in [1.54, 1.807) is 19.1 Å². The van der Waals surface area contributed by atoms with Crippen LogP contribution in [0.15, 0.2) is 83.9 Å². The standard InChI is InChI=1S/C33H33ClFN5O5S/c1-4-45-31-26(6-5-15-36-31)33(37-22-7-9-23(10-8-22)39-18-16-38(2)17-19-39)27-20-29(35)28(34)21-30(27)40(32(33)41)46(42,43)25-13-11-24(44-3)12-14-25/h5-15,20-21,37H,4,16-19H2,1-3H3. The van der Waals surface area contributed by atoms with E-state index in [2.05, 4.69) is 27.1 Å². The van der Waals surface area contributed by atoms with Crippen LogP contribution in [0.1, 0.15) is 18.1 Å². The Bertz CT molecular complexity index is 1870. The molecule has 2 aliphatic rings. The number of likely N-dealkylation sites (N-methyl/N-ethyl adjacent to an activating group) is 1. The van der Waals surface area contributed by atoms with Gasteiger partial charge < -0.3 is 24.6 Å². The quantitative estimate of drug-likeness (QED) is 0.261. The minimum atomic E-state index is -4.54. The van der Waals surface area contributed by atoms with Crippen LogP contribution in [0.4, 0.5) is 21.5 Å². The van der Waals surface area contributed by atoms with Crippen molar-refractivity contribution in [3.05, 3.63) is 101 Å². The molecule has 46 heavy (non-hydrogen) atoms. The molecule has 1 saturated heterocycles. The van der Waals surface area contributed by atoms with Crippen LogP contribution in [0.25, 0.3) is 0 Å². The highest BCUT2D eigenvalue weighted by Gasteiger charge is 2.58. The van der Waals surface area contributed by atoms with E-state index in [4.69, 9.17) is 21.1 Å². The van der Waals surface area contributed by atoms with E-state index in [-0.39, 0.29) is 39.2 Å². The van der Waals surface area contributed by atoms with Crippen molar-refractivity contribution >= 4 is 44.6 Å². The van der Waals surface area contributed by atoms with Crippen molar-refractivity contribution in [1.82, 2.24) is 9.88 Å². The number of nitrogens with zero attached hydrogens (tertiary/aromatic N) is 4. The number of nitrogens with one attached hydrogen (secondary N) is 1. The maximum absolute atomic E-state index is 15.4. The molecule has 240 valence electrons. The second-order valence-corrected chi connectivity index (χ2v) is 13.2. The van der Waals surface area contributed by atoms with Crippen molar-refractivity contribution in [3.8, 4) is 11.6 Å². The molecule has 1 atom stereocenters. The van der Waals surface area contributed by atoms with Gasteiger partial charge in [-0.3, -0.25) is 4.79 Å². The van der Waals surface area contributed by atoms with E-state index in [1.165, 1.54) is 37.6 Å². The van der Waals surface area contributed by atoms with Crippen LogP contribution >= 0.6 is 11.6 Å². The second-order valence-electron chi connectivity index (χ2n) is 11.0. The minimum absolute atomic E-state index is 0.0357. The number of halogens is 2. The number of fused-ring (bicyclic) bond motifs is 1. The van der Waals surface area contributed by atoms with E-state index >= 15 is 4.39 Å². The van der Waals surface area contributed by atoms with Crippen molar-refractivity contribution in [3.63, 3.8) is 0 Å². The normalized spacial score (nSPS) is 18.4. The van der Waals surface area contributed by atoms with E-state index in [0.717, 1.165) is 44.0 Å². The number of sulfonamides is 1. The third-order valence-electron chi connectivity index (χ3n) is 8.29. The molecule has 6 rings (SSSR count). The number of hydrogen-bond donors (Lipinski definition) is 1. The summed E-state index contributed by atoms with van der Waals surface area (Å²) in [5.41, 5.74) is -0.339. The lowest BCUT2D eigenvalue weighted by Gasteiger charge is -2.34. The summed E-state index contributed by atoms with van der Waals surface area (Å²) in [5.74, 6) is -1.21. The van der Waals surface area contributed by atoms with E-state index in [1.807, 2.05) is 24.3 Å². The second kappa shape index (κ2) is 12.4. The molecule has 4 aromatic rings. The molecule has 2 aliphatic heterocycles. The topological polar surface area (TPSA) is 104 Å². The van der Waals surface area contributed by atoms with Gasteiger partial charge in [-0.15, -0.1) is 0 Å².